The fourth-order valence-corrected chi connectivity index (χ4v) is 4.22. The van der Waals surface area contributed by atoms with Crippen molar-refractivity contribution in [2.45, 2.75) is 17.2 Å². The van der Waals surface area contributed by atoms with E-state index >= 15 is 0 Å². The first-order valence-electron chi connectivity index (χ1n) is 9.24. The van der Waals surface area contributed by atoms with Crippen molar-refractivity contribution in [1.82, 2.24) is 4.98 Å². The maximum Gasteiger partial charge on any atom is 0.337 e. The SMILES string of the molecule is O=C(O)c1cc(Cl)ccc1Nc1c(N2CCC(Cl)(Cl)CC2)cnc2ccc(Cl)cc12. The molecule has 0 radical (unpaired) electrons. The Labute approximate surface area is 193 Å². The number of aromatic nitrogens is 1. The van der Waals surface area contributed by atoms with Crippen molar-refractivity contribution in [2.75, 3.05) is 23.3 Å². The molecule has 0 atom stereocenters. The number of alkyl halides is 2. The lowest BCUT2D eigenvalue weighted by Crippen LogP contribution is -2.38. The molecule has 0 spiro atoms. The van der Waals surface area contributed by atoms with E-state index in [0.717, 1.165) is 16.6 Å². The van der Waals surface area contributed by atoms with Gasteiger partial charge in [-0.3, -0.25) is 4.98 Å². The first kappa shape index (κ1) is 21.3. The zero-order valence-corrected chi connectivity index (χ0v) is 18.7. The lowest BCUT2D eigenvalue weighted by atomic mass is 10.1. The summed E-state index contributed by atoms with van der Waals surface area (Å²) >= 11 is 24.8. The molecule has 2 N–H and O–H groups in total. The number of benzene rings is 2. The van der Waals surface area contributed by atoms with Gasteiger partial charge in [0.15, 0.2) is 0 Å². The monoisotopic (exact) mass is 483 g/mol. The van der Waals surface area contributed by atoms with Crippen molar-refractivity contribution in [3.8, 4) is 0 Å². The summed E-state index contributed by atoms with van der Waals surface area (Å²) in [5.74, 6) is -1.08. The molecule has 0 aliphatic carbocycles. The third kappa shape index (κ3) is 4.40. The minimum absolute atomic E-state index is 0.0691. The average Bonchev–Trinajstić information content (AvgIpc) is 2.69. The molecule has 30 heavy (non-hydrogen) atoms. The van der Waals surface area contributed by atoms with Crippen LogP contribution < -0.4 is 10.2 Å². The maximum absolute atomic E-state index is 11.8. The molecule has 0 saturated carbocycles. The van der Waals surface area contributed by atoms with Crippen LogP contribution in [0.2, 0.25) is 10.0 Å². The van der Waals surface area contributed by atoms with Crippen LogP contribution in [0.15, 0.2) is 42.6 Å². The van der Waals surface area contributed by atoms with Gasteiger partial charge in [-0.15, -0.1) is 23.2 Å². The summed E-state index contributed by atoms with van der Waals surface area (Å²) in [5.41, 5.74) is 2.75. The summed E-state index contributed by atoms with van der Waals surface area (Å²) in [6.45, 7) is 1.28. The molecule has 1 aromatic heterocycles. The topological polar surface area (TPSA) is 65.5 Å². The van der Waals surface area contributed by atoms with Crippen molar-refractivity contribution in [3.63, 3.8) is 0 Å². The number of carbonyl (C=O) groups is 1. The highest BCUT2D eigenvalue weighted by Crippen LogP contribution is 2.41. The molecule has 4 rings (SSSR count). The van der Waals surface area contributed by atoms with E-state index in [1.165, 1.54) is 6.07 Å². The molecule has 0 unspecified atom stereocenters. The molecule has 5 nitrogen and oxygen atoms in total. The van der Waals surface area contributed by atoms with Crippen LogP contribution in [0.1, 0.15) is 23.2 Å². The van der Waals surface area contributed by atoms with Crippen LogP contribution in [0.4, 0.5) is 17.1 Å². The average molecular weight is 485 g/mol. The molecule has 156 valence electrons. The predicted octanol–water partition coefficient (Wildman–Crippen LogP) is 6.76. The van der Waals surface area contributed by atoms with Gasteiger partial charge in [-0.2, -0.15) is 0 Å². The molecule has 2 aromatic carbocycles. The molecule has 1 saturated heterocycles. The van der Waals surface area contributed by atoms with Crippen molar-refractivity contribution in [3.05, 3.63) is 58.2 Å². The van der Waals surface area contributed by atoms with E-state index in [2.05, 4.69) is 15.2 Å². The van der Waals surface area contributed by atoms with Gasteiger partial charge in [-0.05, 0) is 49.2 Å². The van der Waals surface area contributed by atoms with Gasteiger partial charge in [-0.1, -0.05) is 23.2 Å². The Bertz CT molecular complexity index is 1130. The van der Waals surface area contributed by atoms with Gasteiger partial charge < -0.3 is 15.3 Å². The highest BCUT2D eigenvalue weighted by Gasteiger charge is 2.31. The number of aromatic carboxylic acids is 1. The van der Waals surface area contributed by atoms with Gasteiger partial charge in [-0.25, -0.2) is 4.79 Å². The van der Waals surface area contributed by atoms with Crippen LogP contribution in [0.3, 0.4) is 0 Å². The molecule has 1 aliphatic heterocycles. The van der Waals surface area contributed by atoms with E-state index in [0.29, 0.717) is 47.4 Å². The number of hydrogen-bond donors (Lipinski definition) is 2. The number of rotatable bonds is 4. The summed E-state index contributed by atoms with van der Waals surface area (Å²) in [6, 6.07) is 10.1. The Balaban J connectivity index is 1.85. The molecule has 2 heterocycles. The molecule has 9 heteroatoms. The molecule has 1 fully saturated rings. The number of nitrogens with zero attached hydrogens (tertiary/aromatic N) is 2. The molecule has 3 aromatic rings. The van der Waals surface area contributed by atoms with E-state index in [4.69, 9.17) is 46.4 Å². The Hall–Kier alpha value is -1.92. The first-order chi connectivity index (χ1) is 14.2. The van der Waals surface area contributed by atoms with Crippen molar-refractivity contribution in [2.24, 2.45) is 0 Å². The number of carboxylic acid groups (broad SMARTS) is 1. The second kappa shape index (κ2) is 8.31. The third-order valence-electron chi connectivity index (χ3n) is 5.12. The van der Waals surface area contributed by atoms with Gasteiger partial charge in [0.05, 0.1) is 34.3 Å². The minimum Gasteiger partial charge on any atom is -0.478 e. The minimum atomic E-state index is -1.08. The fourth-order valence-electron chi connectivity index (χ4n) is 3.54. The summed E-state index contributed by atoms with van der Waals surface area (Å²) in [6.07, 6.45) is 2.97. The smallest absolute Gasteiger partial charge is 0.337 e. The Kier molecular flexibility index (Phi) is 5.90. The molecular weight excluding hydrogens is 468 g/mol. The molecule has 1 aliphatic rings. The number of fused-ring (bicyclic) bond motifs is 1. The number of nitrogens with one attached hydrogen (secondary N) is 1. The highest BCUT2D eigenvalue weighted by molar-refractivity contribution is 6.48. The van der Waals surface area contributed by atoms with Crippen molar-refractivity contribution >= 4 is 80.3 Å². The third-order valence-corrected chi connectivity index (χ3v) is 6.34. The van der Waals surface area contributed by atoms with Crippen molar-refractivity contribution < 1.29 is 9.90 Å². The van der Waals surface area contributed by atoms with Crippen LogP contribution in [-0.2, 0) is 0 Å². The second-order valence-corrected chi connectivity index (χ2v) is 9.66. The Morgan fingerprint density at radius 2 is 1.73 bits per heavy atom. The number of hydrogen-bond acceptors (Lipinski definition) is 4. The standard InChI is InChI=1S/C21H17Cl4N3O2/c22-12-1-3-16-14(9-12)19(27-17-4-2-13(23)10-15(17)20(29)30)18(11-26-16)28-7-5-21(24,25)6-8-28/h1-4,9-11H,5-8H2,(H,26,27)(H,29,30). The molecule has 0 bridgehead atoms. The zero-order chi connectivity index (χ0) is 21.5. The van der Waals surface area contributed by atoms with Gasteiger partial charge in [0, 0.05) is 28.5 Å². The van der Waals surface area contributed by atoms with Crippen LogP contribution >= 0.6 is 46.4 Å². The quantitative estimate of drug-likeness (QED) is 0.400. The summed E-state index contributed by atoms with van der Waals surface area (Å²) in [7, 11) is 0. The van der Waals surface area contributed by atoms with Crippen LogP contribution in [0.25, 0.3) is 10.9 Å². The van der Waals surface area contributed by atoms with Gasteiger partial charge in [0.25, 0.3) is 0 Å². The first-order valence-corrected chi connectivity index (χ1v) is 10.8. The lowest BCUT2D eigenvalue weighted by molar-refractivity contribution is 0.0698. The highest BCUT2D eigenvalue weighted by atomic mass is 35.5. The van der Waals surface area contributed by atoms with Crippen molar-refractivity contribution in [1.29, 1.82) is 0 Å². The molecule has 0 amide bonds. The van der Waals surface area contributed by atoms with Crippen LogP contribution in [-0.4, -0.2) is 33.5 Å². The van der Waals surface area contributed by atoms with Gasteiger partial charge in [0.2, 0.25) is 0 Å². The molecular formula is C21H17Cl4N3O2. The Morgan fingerprint density at radius 1 is 1.07 bits per heavy atom. The second-order valence-electron chi connectivity index (χ2n) is 7.14. The Morgan fingerprint density at radius 3 is 2.43 bits per heavy atom. The van der Waals surface area contributed by atoms with E-state index in [1.807, 2.05) is 12.1 Å². The largest absolute Gasteiger partial charge is 0.478 e. The van der Waals surface area contributed by atoms with E-state index in [-0.39, 0.29) is 5.56 Å². The number of piperidine rings is 1. The zero-order valence-electron chi connectivity index (χ0n) is 15.6. The van der Waals surface area contributed by atoms with Crippen LogP contribution in [0.5, 0.6) is 0 Å². The summed E-state index contributed by atoms with van der Waals surface area (Å²) < 4.78 is -0.746. The van der Waals surface area contributed by atoms with Crippen LogP contribution in [0, 0.1) is 0 Å². The number of pyridine rings is 1. The van der Waals surface area contributed by atoms with Gasteiger partial charge >= 0.3 is 5.97 Å². The lowest BCUT2D eigenvalue weighted by Gasteiger charge is -2.36. The maximum atomic E-state index is 11.8. The van der Waals surface area contributed by atoms with E-state index < -0.39 is 10.3 Å². The van der Waals surface area contributed by atoms with E-state index in [9.17, 15) is 9.90 Å². The normalized spacial score (nSPS) is 15.9. The number of carboxylic acids is 1. The predicted molar refractivity (Wildman–Crippen MR) is 124 cm³/mol. The fraction of sp³-hybridized carbons (Fsp3) is 0.238. The van der Waals surface area contributed by atoms with E-state index in [1.54, 1.807) is 24.4 Å². The summed E-state index contributed by atoms with van der Waals surface area (Å²) in [4.78, 5) is 18.5. The number of halogens is 4. The van der Waals surface area contributed by atoms with Gasteiger partial charge in [0.1, 0.15) is 4.33 Å². The number of anilines is 3. The summed E-state index contributed by atoms with van der Waals surface area (Å²) in [5, 5.41) is 14.6.